The third-order valence-electron chi connectivity index (χ3n) is 5.23. The molecule has 8 heteroatoms. The number of hydrogen-bond acceptors (Lipinski definition) is 7. The Morgan fingerprint density at radius 1 is 1.16 bits per heavy atom. The van der Waals surface area contributed by atoms with E-state index in [2.05, 4.69) is 15.3 Å². The van der Waals surface area contributed by atoms with Gasteiger partial charge in [-0.1, -0.05) is 18.2 Å². The van der Waals surface area contributed by atoms with Gasteiger partial charge in [-0.3, -0.25) is 0 Å². The molecule has 1 fully saturated rings. The minimum atomic E-state index is -3.32. The Kier molecular flexibility index (Phi) is 6.20. The number of hydrogen-bond donors (Lipinski definition) is 1. The van der Waals surface area contributed by atoms with Gasteiger partial charge in [0.05, 0.1) is 16.7 Å². The molecule has 2 aromatic carbocycles. The lowest BCUT2D eigenvalue weighted by molar-refractivity contribution is 0.0681. The van der Waals surface area contributed by atoms with E-state index in [1.807, 2.05) is 36.4 Å². The van der Waals surface area contributed by atoms with Gasteiger partial charge in [-0.05, 0) is 49.6 Å². The molecule has 1 aliphatic heterocycles. The molecule has 1 N–H and O–H groups in total. The van der Waals surface area contributed by atoms with Crippen molar-refractivity contribution in [2.45, 2.75) is 30.8 Å². The monoisotopic (exact) mass is 439 g/mol. The Hall–Kier alpha value is -2.97. The summed E-state index contributed by atoms with van der Waals surface area (Å²) in [5.41, 5.74) is 2.88. The number of nitrogens with zero attached hydrogens (tertiary/aromatic N) is 2. The van der Waals surface area contributed by atoms with E-state index in [9.17, 15) is 8.42 Å². The second-order valence-corrected chi connectivity index (χ2v) is 9.54. The maximum Gasteiger partial charge on any atom is 0.175 e. The normalized spacial score (nSPS) is 16.3. The van der Waals surface area contributed by atoms with Gasteiger partial charge in [-0.2, -0.15) is 0 Å². The van der Waals surface area contributed by atoms with E-state index in [1.165, 1.54) is 12.6 Å². The Labute approximate surface area is 182 Å². The molecule has 1 aromatic heterocycles. The van der Waals surface area contributed by atoms with Gasteiger partial charge in [0.2, 0.25) is 0 Å². The smallest absolute Gasteiger partial charge is 0.175 e. The first-order valence-corrected chi connectivity index (χ1v) is 12.0. The van der Waals surface area contributed by atoms with Crippen molar-refractivity contribution in [1.82, 2.24) is 9.97 Å². The summed E-state index contributed by atoms with van der Waals surface area (Å²) in [6.45, 7) is 3.07. The second-order valence-electron chi connectivity index (χ2n) is 7.56. The molecule has 1 atom stereocenters. The number of benzene rings is 2. The quantitative estimate of drug-likeness (QED) is 0.591. The highest BCUT2D eigenvalue weighted by molar-refractivity contribution is 7.90. The SMILES string of the molecule is Cc1c(Nc2cc(-c3ccccc3OCC3CCCO3)ncn2)cccc1S(C)(=O)=O. The molecule has 1 unspecified atom stereocenters. The lowest BCUT2D eigenvalue weighted by atomic mass is 10.1. The van der Waals surface area contributed by atoms with Crippen LogP contribution in [0.25, 0.3) is 11.3 Å². The van der Waals surface area contributed by atoms with Gasteiger partial charge in [0, 0.05) is 30.2 Å². The van der Waals surface area contributed by atoms with Crippen molar-refractivity contribution in [3.8, 4) is 17.0 Å². The van der Waals surface area contributed by atoms with Crippen LogP contribution in [0.4, 0.5) is 11.5 Å². The summed E-state index contributed by atoms with van der Waals surface area (Å²) in [7, 11) is -3.32. The molecule has 0 radical (unpaired) electrons. The molecule has 3 aromatic rings. The lowest BCUT2D eigenvalue weighted by Gasteiger charge is -2.15. The predicted molar refractivity (Wildman–Crippen MR) is 120 cm³/mol. The van der Waals surface area contributed by atoms with Crippen LogP contribution in [0.15, 0.2) is 59.8 Å². The lowest BCUT2D eigenvalue weighted by Crippen LogP contribution is -2.16. The zero-order valence-corrected chi connectivity index (χ0v) is 18.4. The first-order valence-electron chi connectivity index (χ1n) is 10.1. The van der Waals surface area contributed by atoms with Gasteiger partial charge in [0.1, 0.15) is 24.5 Å². The Bertz CT molecular complexity index is 1170. The van der Waals surface area contributed by atoms with Crippen LogP contribution in [0, 0.1) is 6.92 Å². The summed E-state index contributed by atoms with van der Waals surface area (Å²) < 4.78 is 35.7. The van der Waals surface area contributed by atoms with Crippen molar-refractivity contribution < 1.29 is 17.9 Å². The average Bonchev–Trinajstić information content (AvgIpc) is 3.27. The zero-order chi connectivity index (χ0) is 21.8. The molecule has 0 saturated carbocycles. The van der Waals surface area contributed by atoms with Crippen molar-refractivity contribution in [3.63, 3.8) is 0 Å². The number of para-hydroxylation sites is 1. The van der Waals surface area contributed by atoms with Crippen LogP contribution in [0.1, 0.15) is 18.4 Å². The number of rotatable bonds is 7. The molecule has 4 rings (SSSR count). The molecule has 0 bridgehead atoms. The summed E-state index contributed by atoms with van der Waals surface area (Å²) in [5.74, 6) is 1.30. The molecule has 1 aliphatic rings. The fourth-order valence-corrected chi connectivity index (χ4v) is 4.62. The van der Waals surface area contributed by atoms with Crippen molar-refractivity contribution in [2.24, 2.45) is 0 Å². The van der Waals surface area contributed by atoms with E-state index < -0.39 is 9.84 Å². The summed E-state index contributed by atoms with van der Waals surface area (Å²) in [6.07, 6.45) is 4.88. The molecule has 0 amide bonds. The summed E-state index contributed by atoms with van der Waals surface area (Å²) in [6, 6.07) is 14.7. The largest absolute Gasteiger partial charge is 0.490 e. The molecular weight excluding hydrogens is 414 g/mol. The number of sulfone groups is 1. The van der Waals surface area contributed by atoms with E-state index >= 15 is 0 Å². The van der Waals surface area contributed by atoms with E-state index in [0.717, 1.165) is 30.8 Å². The molecule has 31 heavy (non-hydrogen) atoms. The van der Waals surface area contributed by atoms with Crippen molar-refractivity contribution in [1.29, 1.82) is 0 Å². The van der Waals surface area contributed by atoms with Gasteiger partial charge in [0.15, 0.2) is 9.84 Å². The highest BCUT2D eigenvalue weighted by atomic mass is 32.2. The molecule has 0 aliphatic carbocycles. The molecular formula is C23H25N3O4S. The molecule has 7 nitrogen and oxygen atoms in total. The minimum absolute atomic E-state index is 0.126. The third-order valence-corrected chi connectivity index (χ3v) is 6.47. The Morgan fingerprint density at radius 2 is 2.00 bits per heavy atom. The van der Waals surface area contributed by atoms with Gasteiger partial charge in [-0.15, -0.1) is 0 Å². The summed E-state index contributed by atoms with van der Waals surface area (Å²) >= 11 is 0. The van der Waals surface area contributed by atoms with Crippen LogP contribution in [0.3, 0.4) is 0 Å². The van der Waals surface area contributed by atoms with Crippen molar-refractivity contribution in [2.75, 3.05) is 24.8 Å². The van der Waals surface area contributed by atoms with Crippen LogP contribution in [0.2, 0.25) is 0 Å². The summed E-state index contributed by atoms with van der Waals surface area (Å²) in [5, 5.41) is 3.21. The first-order chi connectivity index (χ1) is 14.9. The average molecular weight is 440 g/mol. The molecule has 2 heterocycles. The molecule has 1 saturated heterocycles. The maximum absolute atomic E-state index is 12.0. The topological polar surface area (TPSA) is 90.4 Å². The zero-order valence-electron chi connectivity index (χ0n) is 17.5. The minimum Gasteiger partial charge on any atom is -0.490 e. The van der Waals surface area contributed by atoms with Crippen LogP contribution >= 0.6 is 0 Å². The Morgan fingerprint density at radius 3 is 2.77 bits per heavy atom. The van der Waals surface area contributed by atoms with Crippen LogP contribution in [-0.2, 0) is 14.6 Å². The van der Waals surface area contributed by atoms with Gasteiger partial charge in [-0.25, -0.2) is 18.4 Å². The Balaban J connectivity index is 1.59. The van der Waals surface area contributed by atoms with E-state index in [4.69, 9.17) is 9.47 Å². The van der Waals surface area contributed by atoms with E-state index in [1.54, 1.807) is 19.1 Å². The fourth-order valence-electron chi connectivity index (χ4n) is 3.63. The van der Waals surface area contributed by atoms with Crippen molar-refractivity contribution >= 4 is 21.3 Å². The predicted octanol–water partition coefficient (Wildman–Crippen LogP) is 4.16. The number of ether oxygens (including phenoxy) is 2. The maximum atomic E-state index is 12.0. The van der Waals surface area contributed by atoms with E-state index in [-0.39, 0.29) is 6.10 Å². The number of anilines is 2. The number of nitrogens with one attached hydrogen (secondary N) is 1. The second kappa shape index (κ2) is 9.03. The van der Waals surface area contributed by atoms with Gasteiger partial charge < -0.3 is 14.8 Å². The summed E-state index contributed by atoms with van der Waals surface area (Å²) in [4.78, 5) is 9.00. The van der Waals surface area contributed by atoms with Crippen LogP contribution < -0.4 is 10.1 Å². The highest BCUT2D eigenvalue weighted by Crippen LogP contribution is 2.31. The standard InChI is InChI=1S/C23H25N3O4S/c1-16-19(9-5-11-22(16)31(2,27)28)26-23-13-20(24-15-25-23)18-8-3-4-10-21(18)30-14-17-7-6-12-29-17/h3-5,8-11,13,15,17H,6-7,12,14H2,1-2H3,(H,24,25,26). The first kappa shape index (κ1) is 21.3. The highest BCUT2D eigenvalue weighted by Gasteiger charge is 2.18. The van der Waals surface area contributed by atoms with E-state index in [0.29, 0.717) is 34.3 Å². The van der Waals surface area contributed by atoms with Crippen LogP contribution in [-0.4, -0.2) is 44.0 Å². The third kappa shape index (κ3) is 5.03. The van der Waals surface area contributed by atoms with Gasteiger partial charge >= 0.3 is 0 Å². The van der Waals surface area contributed by atoms with Gasteiger partial charge in [0.25, 0.3) is 0 Å². The molecule has 162 valence electrons. The molecule has 0 spiro atoms. The van der Waals surface area contributed by atoms with Crippen molar-refractivity contribution in [3.05, 3.63) is 60.4 Å². The number of aromatic nitrogens is 2. The van der Waals surface area contributed by atoms with Crippen LogP contribution in [0.5, 0.6) is 5.75 Å². The fraction of sp³-hybridized carbons (Fsp3) is 0.304.